The lowest BCUT2D eigenvalue weighted by atomic mass is 10.1. The van der Waals surface area contributed by atoms with Crippen LogP contribution in [0.3, 0.4) is 0 Å². The number of hydrogen-bond donors (Lipinski definition) is 0. The van der Waals surface area contributed by atoms with Crippen molar-refractivity contribution in [3.05, 3.63) is 153 Å². The second-order valence-corrected chi connectivity index (χ2v) is 22.4. The lowest BCUT2D eigenvalue weighted by Gasteiger charge is -2.09. The van der Waals surface area contributed by atoms with E-state index in [1.54, 1.807) is 22.7 Å². The van der Waals surface area contributed by atoms with Crippen LogP contribution < -0.4 is 0 Å². The lowest BCUT2D eigenvalue weighted by Crippen LogP contribution is -1.96. The predicted molar refractivity (Wildman–Crippen MR) is 270 cm³/mol. The van der Waals surface area contributed by atoms with Crippen LogP contribution in [0.1, 0.15) is 9.75 Å². The maximum absolute atomic E-state index is 5.25. The Labute approximate surface area is 378 Å². The summed E-state index contributed by atoms with van der Waals surface area (Å²) in [5.41, 5.74) is 11.3. The predicted octanol–water partition coefficient (Wildman–Crippen LogP) is 17.2. The third-order valence-electron chi connectivity index (χ3n) is 11.4. The molecule has 0 radical (unpaired) electrons. The molecular weight excluding hydrogens is 881 g/mol. The van der Waals surface area contributed by atoms with Crippen LogP contribution in [0.2, 0.25) is 0 Å². The van der Waals surface area contributed by atoms with Crippen molar-refractivity contribution in [1.82, 2.24) is 19.1 Å². The summed E-state index contributed by atoms with van der Waals surface area (Å²) in [5.74, 6) is 0. The molecule has 2 aromatic carbocycles. The van der Waals surface area contributed by atoms with E-state index in [0.717, 1.165) is 38.3 Å². The number of hydrogen-bond acceptors (Lipinski definition) is 9. The number of thiophene rings is 7. The molecule has 0 aliphatic heterocycles. The van der Waals surface area contributed by atoms with E-state index in [-0.39, 0.29) is 0 Å². The van der Waals surface area contributed by atoms with Gasteiger partial charge in [0.2, 0.25) is 0 Å². The van der Waals surface area contributed by atoms with Crippen molar-refractivity contribution in [1.29, 1.82) is 0 Å². The van der Waals surface area contributed by atoms with Crippen molar-refractivity contribution in [2.24, 2.45) is 0 Å². The van der Waals surface area contributed by atoms with Gasteiger partial charge in [-0.3, -0.25) is 19.1 Å². The summed E-state index contributed by atoms with van der Waals surface area (Å²) in [6.45, 7) is 4.36. The van der Waals surface area contributed by atoms with Gasteiger partial charge < -0.3 is 0 Å². The standard InChI is InChI=1S/C50H30N4S7/c1-27-11-12-41(59-27)50-32(14-16-55-50)29-18-47(57-24-29)54-39-10-6-3-7-33(39)35-13-15-51-48(49(35)54)37-20-36-34-8-4-5-9-38(34)53(40(36)23-52-37)46-19-31(26-58-46)43-22-45-44(61-43)21-42(60-45)30-17-28(2)56-25-30/h3-26H,1-2H3. The summed E-state index contributed by atoms with van der Waals surface area (Å²) < 4.78 is 7.49. The zero-order valence-electron chi connectivity index (χ0n) is 32.5. The van der Waals surface area contributed by atoms with Crippen LogP contribution in [-0.4, -0.2) is 19.1 Å². The lowest BCUT2D eigenvalue weighted by molar-refractivity contribution is 1.18. The summed E-state index contributed by atoms with van der Waals surface area (Å²) in [5, 5.41) is 16.2. The van der Waals surface area contributed by atoms with Crippen molar-refractivity contribution in [2.75, 3.05) is 0 Å². The van der Waals surface area contributed by atoms with E-state index in [0.29, 0.717) is 0 Å². The van der Waals surface area contributed by atoms with Crippen molar-refractivity contribution in [3.8, 4) is 63.2 Å². The van der Waals surface area contributed by atoms with Gasteiger partial charge in [-0.1, -0.05) is 36.4 Å². The third kappa shape index (κ3) is 5.76. The zero-order chi connectivity index (χ0) is 40.3. The molecule has 0 saturated heterocycles. The number of fused-ring (bicyclic) bond motifs is 7. The van der Waals surface area contributed by atoms with Crippen LogP contribution in [0.5, 0.6) is 0 Å². The van der Waals surface area contributed by atoms with Crippen LogP contribution in [0.4, 0.5) is 0 Å². The molecular formula is C50H30N4S7. The van der Waals surface area contributed by atoms with Gasteiger partial charge in [-0.2, -0.15) is 0 Å². The Morgan fingerprint density at radius 2 is 1.18 bits per heavy atom. The van der Waals surface area contributed by atoms with E-state index in [9.17, 15) is 0 Å². The minimum atomic E-state index is 0.859. The number of benzene rings is 2. The van der Waals surface area contributed by atoms with Crippen molar-refractivity contribution >= 4 is 132 Å². The molecule has 0 saturated carbocycles. The highest BCUT2D eigenvalue weighted by molar-refractivity contribution is 7.31. The molecule has 0 N–H and O–H groups in total. The first-order valence-corrected chi connectivity index (χ1v) is 25.7. The summed E-state index contributed by atoms with van der Waals surface area (Å²) in [6, 6.07) is 40.3. The first-order chi connectivity index (χ1) is 30.0. The molecule has 0 amide bonds. The number of rotatable bonds is 7. The summed E-state index contributed by atoms with van der Waals surface area (Å²) >= 11 is 12.8. The fourth-order valence-electron chi connectivity index (χ4n) is 8.70. The Kier molecular flexibility index (Phi) is 8.31. The van der Waals surface area contributed by atoms with Gasteiger partial charge in [-0.05, 0) is 103 Å². The maximum atomic E-state index is 5.25. The zero-order valence-corrected chi connectivity index (χ0v) is 38.2. The molecule has 0 aliphatic carbocycles. The molecule has 61 heavy (non-hydrogen) atoms. The van der Waals surface area contributed by atoms with Gasteiger partial charge in [0.05, 0.1) is 38.8 Å². The largest absolute Gasteiger partial charge is 0.299 e. The molecule has 11 aromatic heterocycles. The quantitative estimate of drug-likeness (QED) is 0.160. The third-order valence-corrected chi connectivity index (χ3v) is 18.6. The normalized spacial score (nSPS) is 12.1. The second-order valence-electron chi connectivity index (χ2n) is 15.2. The van der Waals surface area contributed by atoms with Crippen LogP contribution in [-0.2, 0) is 0 Å². The average Bonchev–Trinajstić information content (AvgIpc) is 4.12. The Balaban J connectivity index is 0.925. The summed E-state index contributed by atoms with van der Waals surface area (Å²) in [7, 11) is 0. The van der Waals surface area contributed by atoms with Gasteiger partial charge >= 0.3 is 0 Å². The van der Waals surface area contributed by atoms with Gasteiger partial charge in [0.25, 0.3) is 0 Å². The highest BCUT2D eigenvalue weighted by Gasteiger charge is 2.23. The van der Waals surface area contributed by atoms with Crippen LogP contribution in [0.25, 0.3) is 116 Å². The van der Waals surface area contributed by atoms with Gasteiger partial charge in [-0.25, -0.2) is 0 Å². The molecule has 4 nitrogen and oxygen atoms in total. The van der Waals surface area contributed by atoms with Crippen molar-refractivity contribution in [3.63, 3.8) is 0 Å². The molecule has 0 fully saturated rings. The molecule has 13 aromatic rings. The molecule has 11 heteroatoms. The number of nitrogens with zero attached hydrogens (tertiary/aromatic N) is 4. The van der Waals surface area contributed by atoms with E-state index < -0.39 is 0 Å². The molecule has 13 rings (SSSR count). The first-order valence-electron chi connectivity index (χ1n) is 19.7. The minimum absolute atomic E-state index is 0.859. The molecule has 0 aliphatic rings. The fourth-order valence-corrected chi connectivity index (χ4v) is 15.7. The molecule has 0 bridgehead atoms. The SMILES string of the molecule is Cc1cc(-c2cc3sc(-c4csc(-n5c6ccccc6c6cc(-c7nccc8c9ccccc9n(-c9cc(-c%10ccsc%10-c%10ccc(C)s%10)cs9)c78)ncc65)c4)cc3s2)cs1. The molecule has 0 atom stereocenters. The van der Waals surface area contributed by atoms with Gasteiger partial charge in [0.1, 0.15) is 15.7 Å². The van der Waals surface area contributed by atoms with E-state index in [1.165, 1.54) is 87.6 Å². The highest BCUT2D eigenvalue weighted by Crippen LogP contribution is 2.47. The van der Waals surface area contributed by atoms with E-state index >= 15 is 0 Å². The minimum Gasteiger partial charge on any atom is -0.299 e. The Morgan fingerprint density at radius 3 is 1.93 bits per heavy atom. The Bertz CT molecular complexity index is 3800. The Hall–Kier alpha value is -5.50. The van der Waals surface area contributed by atoms with E-state index in [4.69, 9.17) is 9.97 Å². The number of aryl methyl sites for hydroxylation is 2. The summed E-state index contributed by atoms with van der Waals surface area (Å²) in [4.78, 5) is 18.3. The first kappa shape index (κ1) is 36.2. The molecule has 292 valence electrons. The average molecular weight is 911 g/mol. The fraction of sp³-hybridized carbons (Fsp3) is 0.0400. The topological polar surface area (TPSA) is 35.6 Å². The second kappa shape index (κ2) is 14.0. The van der Waals surface area contributed by atoms with Gasteiger partial charge in [-0.15, -0.1) is 79.4 Å². The van der Waals surface area contributed by atoms with E-state index in [2.05, 4.69) is 160 Å². The Morgan fingerprint density at radius 1 is 0.492 bits per heavy atom. The number of pyridine rings is 2. The van der Waals surface area contributed by atoms with Gasteiger partial charge in [0.15, 0.2) is 0 Å². The van der Waals surface area contributed by atoms with E-state index in [1.807, 2.05) is 62.9 Å². The molecule has 11 heterocycles. The number of para-hydroxylation sites is 2. The monoisotopic (exact) mass is 910 g/mol. The number of aromatic nitrogens is 4. The molecule has 0 unspecified atom stereocenters. The van der Waals surface area contributed by atoms with Gasteiger partial charge in [0, 0.05) is 89.0 Å². The maximum Gasteiger partial charge on any atom is 0.113 e. The van der Waals surface area contributed by atoms with Crippen molar-refractivity contribution < 1.29 is 0 Å². The summed E-state index contributed by atoms with van der Waals surface area (Å²) in [6.07, 6.45) is 4.00. The van der Waals surface area contributed by atoms with Crippen LogP contribution in [0, 0.1) is 13.8 Å². The smallest absolute Gasteiger partial charge is 0.113 e. The van der Waals surface area contributed by atoms with Crippen LogP contribution >= 0.6 is 79.4 Å². The molecule has 0 spiro atoms. The highest BCUT2D eigenvalue weighted by atomic mass is 32.1. The van der Waals surface area contributed by atoms with Crippen molar-refractivity contribution in [2.45, 2.75) is 13.8 Å². The van der Waals surface area contributed by atoms with Crippen LogP contribution in [0.15, 0.2) is 143 Å².